The zero-order valence-corrected chi connectivity index (χ0v) is 34.9. The van der Waals surface area contributed by atoms with E-state index in [1.165, 1.54) is 88.3 Å². The van der Waals surface area contributed by atoms with Crippen LogP contribution in [0, 0.1) is 0 Å². The molecule has 0 atom stereocenters. The number of fused-ring (bicyclic) bond motifs is 8. The molecule has 3 heteroatoms. The standard InChI is InChI=1S/C62H34N2O/c65-62-47-34-30-43-41-28-32-45-57-44(31-27-40(55(41)57)42-29-33-46(58(47)56(42)43)61-63-48-25-13-23-35-24-14-26-49(50(35)48)64(61)62)59-53(38-19-9-3-10-20-38)51(36-15-5-1-6-16-36)52(37-17-7-2-8-18-37)54(60(45)59)39-21-11-4-12-22-39/h1-34H. The maximum absolute atomic E-state index is 14.9. The molecule has 2 aromatic heterocycles. The summed E-state index contributed by atoms with van der Waals surface area (Å²) in [6, 6.07) is 74.5. The summed E-state index contributed by atoms with van der Waals surface area (Å²) in [4.78, 5) is 20.1. The molecule has 0 saturated carbocycles. The average molecular weight is 823 g/mol. The van der Waals surface area contributed by atoms with Gasteiger partial charge in [0.25, 0.3) is 5.56 Å². The van der Waals surface area contributed by atoms with Crippen LogP contribution in [0.25, 0.3) is 148 Å². The molecule has 1 aliphatic rings. The summed E-state index contributed by atoms with van der Waals surface area (Å²) < 4.78 is 1.84. The van der Waals surface area contributed by atoms with Gasteiger partial charge < -0.3 is 0 Å². The minimum atomic E-state index is -0.0396. The Hall–Kier alpha value is -8.66. The van der Waals surface area contributed by atoms with Gasteiger partial charge in [0, 0.05) is 21.5 Å². The Kier molecular flexibility index (Phi) is 6.82. The van der Waals surface area contributed by atoms with E-state index >= 15 is 0 Å². The molecule has 2 heterocycles. The molecule has 0 saturated heterocycles. The lowest BCUT2D eigenvalue weighted by molar-refractivity contribution is 1.15. The second-order valence-electron chi connectivity index (χ2n) is 17.6. The van der Waals surface area contributed by atoms with Gasteiger partial charge in [-0.25, -0.2) is 4.98 Å². The van der Waals surface area contributed by atoms with Gasteiger partial charge in [0.05, 0.1) is 11.0 Å². The molecule has 0 bridgehead atoms. The first-order valence-corrected chi connectivity index (χ1v) is 22.3. The maximum atomic E-state index is 14.9. The molecule has 0 aliphatic heterocycles. The smallest absolute Gasteiger partial charge is 0.264 e. The zero-order valence-electron chi connectivity index (χ0n) is 34.9. The fourth-order valence-corrected chi connectivity index (χ4v) is 11.9. The molecule has 14 aromatic rings. The van der Waals surface area contributed by atoms with Crippen LogP contribution >= 0.6 is 0 Å². The lowest BCUT2D eigenvalue weighted by Gasteiger charge is -2.26. The fraction of sp³-hybridized carbons (Fsp3) is 0. The number of pyridine rings is 1. The van der Waals surface area contributed by atoms with Gasteiger partial charge in [-0.05, 0) is 134 Å². The minimum absolute atomic E-state index is 0.0396. The topological polar surface area (TPSA) is 34.4 Å². The van der Waals surface area contributed by atoms with Crippen molar-refractivity contribution < 1.29 is 0 Å². The van der Waals surface area contributed by atoms with Crippen LogP contribution in [0.5, 0.6) is 0 Å². The van der Waals surface area contributed by atoms with Crippen LogP contribution in [0.3, 0.4) is 0 Å². The van der Waals surface area contributed by atoms with Gasteiger partial charge in [-0.3, -0.25) is 9.20 Å². The molecule has 0 amide bonds. The molecule has 0 N–H and O–H groups in total. The quantitative estimate of drug-likeness (QED) is 0.131. The molecular formula is C62H34N2O. The van der Waals surface area contributed by atoms with Crippen LogP contribution in [0.1, 0.15) is 0 Å². The molecule has 15 rings (SSSR count). The number of hydrogen-bond acceptors (Lipinski definition) is 2. The Bertz CT molecular complexity index is 4220. The highest BCUT2D eigenvalue weighted by Gasteiger charge is 2.35. The van der Waals surface area contributed by atoms with E-state index in [0.717, 1.165) is 48.7 Å². The second-order valence-corrected chi connectivity index (χ2v) is 17.6. The zero-order chi connectivity index (χ0) is 42.5. The third-order valence-corrected chi connectivity index (χ3v) is 14.4. The molecule has 3 nitrogen and oxygen atoms in total. The van der Waals surface area contributed by atoms with Gasteiger partial charge in [-0.15, -0.1) is 0 Å². The van der Waals surface area contributed by atoms with E-state index in [0.29, 0.717) is 11.0 Å². The van der Waals surface area contributed by atoms with E-state index in [2.05, 4.69) is 200 Å². The van der Waals surface area contributed by atoms with Crippen molar-refractivity contribution in [2.24, 2.45) is 0 Å². The van der Waals surface area contributed by atoms with E-state index in [1.807, 2.05) is 10.5 Å². The van der Waals surface area contributed by atoms with Crippen LogP contribution in [-0.4, -0.2) is 9.38 Å². The highest BCUT2D eigenvalue weighted by atomic mass is 16.1. The van der Waals surface area contributed by atoms with Crippen molar-refractivity contribution in [1.29, 1.82) is 0 Å². The lowest BCUT2D eigenvalue weighted by Crippen LogP contribution is -2.16. The Labute approximate surface area is 372 Å². The number of nitrogens with zero attached hydrogens (tertiary/aromatic N) is 2. The van der Waals surface area contributed by atoms with Crippen molar-refractivity contribution in [1.82, 2.24) is 9.38 Å². The molecular weight excluding hydrogens is 789 g/mol. The molecule has 0 unspecified atom stereocenters. The summed E-state index contributed by atoms with van der Waals surface area (Å²) in [5.41, 5.74) is 17.1. The van der Waals surface area contributed by atoms with Crippen molar-refractivity contribution in [3.8, 4) is 66.8 Å². The number of aromatic nitrogens is 2. The lowest BCUT2D eigenvalue weighted by atomic mass is 9.76. The minimum Gasteiger partial charge on any atom is -0.268 e. The van der Waals surface area contributed by atoms with Crippen LogP contribution in [-0.2, 0) is 0 Å². The first-order valence-electron chi connectivity index (χ1n) is 22.3. The Morgan fingerprint density at radius 3 is 1.22 bits per heavy atom. The maximum Gasteiger partial charge on any atom is 0.264 e. The molecule has 1 aliphatic carbocycles. The van der Waals surface area contributed by atoms with Gasteiger partial charge in [-0.2, -0.15) is 0 Å². The average Bonchev–Trinajstić information content (AvgIpc) is 3.71. The predicted molar refractivity (Wildman–Crippen MR) is 273 cm³/mol. The molecule has 298 valence electrons. The summed E-state index contributed by atoms with van der Waals surface area (Å²) in [6.45, 7) is 0. The molecule has 0 radical (unpaired) electrons. The largest absolute Gasteiger partial charge is 0.268 e. The van der Waals surface area contributed by atoms with Crippen LogP contribution in [0.2, 0.25) is 0 Å². The van der Waals surface area contributed by atoms with E-state index in [-0.39, 0.29) is 5.56 Å². The first-order chi connectivity index (χ1) is 32.2. The summed E-state index contributed by atoms with van der Waals surface area (Å²) in [7, 11) is 0. The van der Waals surface area contributed by atoms with E-state index in [4.69, 9.17) is 4.98 Å². The molecule has 65 heavy (non-hydrogen) atoms. The summed E-state index contributed by atoms with van der Waals surface area (Å²) in [5, 5.41) is 13.1. The van der Waals surface area contributed by atoms with Gasteiger partial charge in [-0.1, -0.05) is 182 Å². The van der Waals surface area contributed by atoms with Crippen molar-refractivity contribution in [2.45, 2.75) is 0 Å². The van der Waals surface area contributed by atoms with Crippen LogP contribution in [0.15, 0.2) is 211 Å². The summed E-state index contributed by atoms with van der Waals surface area (Å²) in [5.74, 6) is 0. The second kappa shape index (κ2) is 12.7. The fourth-order valence-electron chi connectivity index (χ4n) is 11.9. The number of hydrogen-bond donors (Lipinski definition) is 0. The van der Waals surface area contributed by atoms with Crippen molar-refractivity contribution in [2.75, 3.05) is 0 Å². The normalized spacial score (nSPS) is 12.4. The highest BCUT2D eigenvalue weighted by Crippen LogP contribution is 2.62. The third-order valence-electron chi connectivity index (χ3n) is 14.4. The van der Waals surface area contributed by atoms with E-state index < -0.39 is 0 Å². The van der Waals surface area contributed by atoms with Crippen molar-refractivity contribution in [3.63, 3.8) is 0 Å². The number of rotatable bonds is 4. The Morgan fingerprint density at radius 1 is 0.308 bits per heavy atom. The Balaban J connectivity index is 1.12. The van der Waals surface area contributed by atoms with Gasteiger partial charge in [0.1, 0.15) is 5.65 Å². The Morgan fingerprint density at radius 2 is 0.708 bits per heavy atom. The first kappa shape index (κ1) is 34.9. The van der Waals surface area contributed by atoms with Gasteiger partial charge >= 0.3 is 0 Å². The van der Waals surface area contributed by atoms with Gasteiger partial charge in [0.2, 0.25) is 0 Å². The van der Waals surface area contributed by atoms with E-state index in [1.54, 1.807) is 0 Å². The molecule has 12 aromatic carbocycles. The molecule has 0 spiro atoms. The SMILES string of the molecule is O=c1c2ccc3c4ccc5c6c(ccc(c7ccc(c2c37)c2nc3cccc7cccc(c73)n12)c64)-c1c(-c2ccccc2)c(-c2ccccc2)c(-c2ccccc2)c(-c2ccccc2)c1-5. The number of benzene rings is 12. The monoisotopic (exact) mass is 822 g/mol. The predicted octanol–water partition coefficient (Wildman–Crippen LogP) is 16.0. The van der Waals surface area contributed by atoms with Crippen molar-refractivity contribution >= 4 is 81.3 Å². The van der Waals surface area contributed by atoms with E-state index in [9.17, 15) is 4.79 Å². The van der Waals surface area contributed by atoms with Crippen molar-refractivity contribution in [3.05, 3.63) is 217 Å². The summed E-state index contributed by atoms with van der Waals surface area (Å²) in [6.07, 6.45) is 0. The highest BCUT2D eigenvalue weighted by molar-refractivity contribution is 6.41. The third kappa shape index (κ3) is 4.49. The summed E-state index contributed by atoms with van der Waals surface area (Å²) >= 11 is 0. The van der Waals surface area contributed by atoms with Crippen LogP contribution in [0.4, 0.5) is 0 Å². The van der Waals surface area contributed by atoms with Gasteiger partial charge in [0.15, 0.2) is 0 Å². The van der Waals surface area contributed by atoms with Crippen LogP contribution < -0.4 is 5.56 Å². The molecule has 0 fully saturated rings.